The maximum Gasteiger partial charge on any atom is 0.238 e. The zero-order chi connectivity index (χ0) is 9.56. The molecule has 0 rings (SSSR count). The molecule has 2 atom stereocenters. The summed E-state index contributed by atoms with van der Waals surface area (Å²) in [6, 6.07) is -0.398. The number of hydrogen-bond acceptors (Lipinski definition) is 2. The van der Waals surface area contributed by atoms with Crippen LogP contribution in [-0.4, -0.2) is 18.0 Å². The predicted octanol–water partition coefficient (Wildman–Crippen LogP) is 0.252. The van der Waals surface area contributed by atoms with Gasteiger partial charge < -0.3 is 11.1 Å². The minimum Gasteiger partial charge on any atom is -0.352 e. The van der Waals surface area contributed by atoms with E-state index in [-0.39, 0.29) is 11.9 Å². The molecule has 12 heavy (non-hydrogen) atoms. The zero-order valence-corrected chi connectivity index (χ0v) is 7.63. The monoisotopic (exact) mass is 168 g/mol. The molecule has 3 nitrogen and oxygen atoms in total. The molecular weight excluding hydrogens is 152 g/mol. The summed E-state index contributed by atoms with van der Waals surface area (Å²) in [5.41, 5.74) is 5.48. The van der Waals surface area contributed by atoms with E-state index in [4.69, 9.17) is 12.2 Å². The van der Waals surface area contributed by atoms with Gasteiger partial charge >= 0.3 is 0 Å². The Labute approximate surface area is 73.7 Å². The van der Waals surface area contributed by atoms with Crippen molar-refractivity contribution in [2.45, 2.75) is 38.8 Å². The van der Waals surface area contributed by atoms with Gasteiger partial charge in [0.2, 0.25) is 5.91 Å². The second-order valence-corrected chi connectivity index (χ2v) is 2.83. The van der Waals surface area contributed by atoms with E-state index in [1.165, 1.54) is 0 Å². The Kier molecular flexibility index (Phi) is 5.14. The highest BCUT2D eigenvalue weighted by atomic mass is 16.2. The van der Waals surface area contributed by atoms with E-state index < -0.39 is 6.04 Å². The van der Waals surface area contributed by atoms with Gasteiger partial charge in [-0.15, -0.1) is 12.3 Å². The van der Waals surface area contributed by atoms with Gasteiger partial charge in [0, 0.05) is 12.5 Å². The van der Waals surface area contributed by atoms with Crippen LogP contribution in [0.5, 0.6) is 0 Å². The molecule has 68 valence electrons. The highest BCUT2D eigenvalue weighted by Crippen LogP contribution is 1.91. The maximum absolute atomic E-state index is 11.2. The van der Waals surface area contributed by atoms with E-state index in [0.29, 0.717) is 6.42 Å². The minimum atomic E-state index is -0.566. The number of nitrogens with one attached hydrogen (secondary N) is 1. The summed E-state index contributed by atoms with van der Waals surface area (Å²) in [7, 11) is 0. The molecule has 0 aromatic heterocycles. The highest BCUT2D eigenvalue weighted by molar-refractivity contribution is 5.82. The standard InChI is InChI=1S/C9H16N2O/c1-4-6-8(10)9(12)11-7(3)5-2/h1,7-8H,5-6,10H2,2-3H3,(H,11,12). The van der Waals surface area contributed by atoms with Crippen LogP contribution in [0.2, 0.25) is 0 Å². The Balaban J connectivity index is 3.80. The van der Waals surface area contributed by atoms with E-state index >= 15 is 0 Å². The first-order chi connectivity index (χ1) is 5.61. The lowest BCUT2D eigenvalue weighted by Gasteiger charge is -2.14. The van der Waals surface area contributed by atoms with Gasteiger partial charge in [-0.05, 0) is 13.3 Å². The Morgan fingerprint density at radius 3 is 2.75 bits per heavy atom. The van der Waals surface area contributed by atoms with Crippen molar-refractivity contribution >= 4 is 5.91 Å². The average Bonchev–Trinajstić information content (AvgIpc) is 2.04. The van der Waals surface area contributed by atoms with Gasteiger partial charge in [0.15, 0.2) is 0 Å². The summed E-state index contributed by atoms with van der Waals surface area (Å²) in [6.45, 7) is 3.93. The highest BCUT2D eigenvalue weighted by Gasteiger charge is 2.12. The Bertz CT molecular complexity index is 183. The smallest absolute Gasteiger partial charge is 0.238 e. The molecule has 0 bridgehead atoms. The molecule has 0 saturated heterocycles. The summed E-state index contributed by atoms with van der Waals surface area (Å²) in [5.74, 6) is 2.19. The maximum atomic E-state index is 11.2. The van der Waals surface area contributed by atoms with E-state index in [1.54, 1.807) is 0 Å². The van der Waals surface area contributed by atoms with Crippen molar-refractivity contribution in [3.8, 4) is 12.3 Å². The molecule has 0 aliphatic rings. The van der Waals surface area contributed by atoms with Crippen LogP contribution in [0.1, 0.15) is 26.7 Å². The molecule has 3 N–H and O–H groups in total. The number of carbonyl (C=O) groups is 1. The molecule has 0 aromatic carbocycles. The molecule has 0 aliphatic heterocycles. The fraction of sp³-hybridized carbons (Fsp3) is 0.667. The number of terminal acetylenes is 1. The minimum absolute atomic E-state index is 0.165. The summed E-state index contributed by atoms with van der Waals surface area (Å²) in [5, 5.41) is 2.75. The molecule has 0 fully saturated rings. The van der Waals surface area contributed by atoms with Crippen molar-refractivity contribution in [1.82, 2.24) is 5.32 Å². The molecule has 3 heteroatoms. The van der Waals surface area contributed by atoms with Crippen LogP contribution < -0.4 is 11.1 Å². The van der Waals surface area contributed by atoms with Crippen molar-refractivity contribution in [3.05, 3.63) is 0 Å². The van der Waals surface area contributed by atoms with Crippen LogP contribution in [-0.2, 0) is 4.79 Å². The van der Waals surface area contributed by atoms with Gasteiger partial charge in [-0.1, -0.05) is 6.92 Å². The average molecular weight is 168 g/mol. The van der Waals surface area contributed by atoms with Gasteiger partial charge in [0.1, 0.15) is 0 Å². The first-order valence-corrected chi connectivity index (χ1v) is 4.11. The molecule has 0 aliphatic carbocycles. The second kappa shape index (κ2) is 5.62. The van der Waals surface area contributed by atoms with Crippen molar-refractivity contribution in [1.29, 1.82) is 0 Å². The van der Waals surface area contributed by atoms with Crippen molar-refractivity contribution in [2.24, 2.45) is 5.73 Å². The summed E-state index contributed by atoms with van der Waals surface area (Å²) in [4.78, 5) is 11.2. The number of rotatable bonds is 4. The first kappa shape index (κ1) is 11.0. The van der Waals surface area contributed by atoms with Gasteiger partial charge in [-0.3, -0.25) is 4.79 Å². The number of amides is 1. The Morgan fingerprint density at radius 1 is 1.75 bits per heavy atom. The van der Waals surface area contributed by atoms with E-state index in [0.717, 1.165) is 6.42 Å². The van der Waals surface area contributed by atoms with Crippen molar-refractivity contribution < 1.29 is 4.79 Å². The summed E-state index contributed by atoms with van der Waals surface area (Å²) >= 11 is 0. The van der Waals surface area contributed by atoms with Crippen LogP contribution in [0.3, 0.4) is 0 Å². The predicted molar refractivity (Wildman–Crippen MR) is 49.3 cm³/mol. The largest absolute Gasteiger partial charge is 0.352 e. The van der Waals surface area contributed by atoms with Gasteiger partial charge in [-0.2, -0.15) is 0 Å². The quantitative estimate of drug-likeness (QED) is 0.591. The lowest BCUT2D eigenvalue weighted by atomic mass is 10.2. The number of carbonyl (C=O) groups excluding carboxylic acids is 1. The van der Waals surface area contributed by atoms with Gasteiger partial charge in [0.25, 0.3) is 0 Å². The molecule has 0 radical (unpaired) electrons. The molecule has 0 spiro atoms. The summed E-state index contributed by atoms with van der Waals surface area (Å²) < 4.78 is 0. The van der Waals surface area contributed by atoms with Crippen LogP contribution in [0, 0.1) is 12.3 Å². The lowest BCUT2D eigenvalue weighted by molar-refractivity contribution is -0.122. The zero-order valence-electron chi connectivity index (χ0n) is 7.63. The molecule has 0 aromatic rings. The topological polar surface area (TPSA) is 55.1 Å². The third-order valence-electron chi connectivity index (χ3n) is 1.68. The SMILES string of the molecule is C#CCC(N)C(=O)NC(C)CC. The lowest BCUT2D eigenvalue weighted by Crippen LogP contribution is -2.43. The van der Waals surface area contributed by atoms with Crippen molar-refractivity contribution in [2.75, 3.05) is 0 Å². The fourth-order valence-electron chi connectivity index (χ4n) is 0.672. The molecule has 0 heterocycles. The molecule has 0 saturated carbocycles. The Hall–Kier alpha value is -1.01. The molecular formula is C9H16N2O. The van der Waals surface area contributed by atoms with Crippen LogP contribution in [0.25, 0.3) is 0 Å². The van der Waals surface area contributed by atoms with E-state index in [2.05, 4.69) is 11.2 Å². The third-order valence-corrected chi connectivity index (χ3v) is 1.68. The molecule has 1 amide bonds. The van der Waals surface area contributed by atoms with E-state index in [1.807, 2.05) is 13.8 Å². The Morgan fingerprint density at radius 2 is 2.33 bits per heavy atom. The van der Waals surface area contributed by atoms with Gasteiger partial charge in [-0.25, -0.2) is 0 Å². The van der Waals surface area contributed by atoms with Gasteiger partial charge in [0.05, 0.1) is 6.04 Å². The van der Waals surface area contributed by atoms with Crippen molar-refractivity contribution in [3.63, 3.8) is 0 Å². The number of hydrogen-bond donors (Lipinski definition) is 2. The second-order valence-electron chi connectivity index (χ2n) is 2.83. The summed E-state index contributed by atoms with van der Waals surface area (Å²) in [6.07, 6.45) is 6.21. The molecule has 2 unspecified atom stereocenters. The fourth-order valence-corrected chi connectivity index (χ4v) is 0.672. The third kappa shape index (κ3) is 3.99. The van der Waals surface area contributed by atoms with Crippen LogP contribution in [0.4, 0.5) is 0 Å². The normalized spacial score (nSPS) is 14.5. The number of nitrogens with two attached hydrogens (primary N) is 1. The van der Waals surface area contributed by atoms with E-state index in [9.17, 15) is 4.79 Å². The van der Waals surface area contributed by atoms with Crippen LogP contribution >= 0.6 is 0 Å². The van der Waals surface area contributed by atoms with Crippen LogP contribution in [0.15, 0.2) is 0 Å². The first-order valence-electron chi connectivity index (χ1n) is 4.11.